The second kappa shape index (κ2) is 8.91. The molecule has 3 rings (SSSR count). The number of carboxylic acids is 1. The van der Waals surface area contributed by atoms with Crippen LogP contribution in [0, 0.1) is 0 Å². The van der Waals surface area contributed by atoms with Gasteiger partial charge in [0.2, 0.25) is 0 Å². The molecule has 6 N–H and O–H groups in total. The van der Waals surface area contributed by atoms with Crippen LogP contribution < -0.4 is 15.8 Å². The van der Waals surface area contributed by atoms with E-state index in [4.69, 9.17) is 15.6 Å². The Morgan fingerprint density at radius 2 is 1.67 bits per heavy atom. The second-order valence-electron chi connectivity index (χ2n) is 6.78. The number of rotatable bonds is 8. The van der Waals surface area contributed by atoms with Crippen molar-refractivity contribution in [2.75, 3.05) is 6.54 Å². The fraction of sp³-hybridized carbons (Fsp3) is 0.182. The van der Waals surface area contributed by atoms with Gasteiger partial charge in [0.05, 0.1) is 0 Å². The third-order valence-corrected chi connectivity index (χ3v) is 4.65. The minimum Gasteiger partial charge on any atom is -0.489 e. The molecule has 0 radical (unpaired) electrons. The van der Waals surface area contributed by atoms with Crippen LogP contribution in [0.5, 0.6) is 5.75 Å². The molecule has 0 heterocycles. The van der Waals surface area contributed by atoms with Crippen molar-refractivity contribution in [3.05, 3.63) is 77.9 Å². The average molecular weight is 410 g/mol. The number of carbonyl (C=O) groups excluding carboxylic acids is 1. The maximum atomic E-state index is 12.0. The first-order valence-corrected chi connectivity index (χ1v) is 9.20. The van der Waals surface area contributed by atoms with Crippen molar-refractivity contribution in [1.82, 2.24) is 5.32 Å². The molecule has 30 heavy (non-hydrogen) atoms. The smallest absolute Gasteiger partial charge is 0.322 e. The molecule has 0 aliphatic rings. The number of ether oxygens (including phenoxy) is 1. The first-order chi connectivity index (χ1) is 14.3. The van der Waals surface area contributed by atoms with E-state index in [2.05, 4.69) is 5.32 Å². The molecule has 3 aromatic carbocycles. The number of benzene rings is 3. The SMILES string of the molecule is N[C@@H](CNC(=O)C(O)(O)c1ccc(OCc2cccc3ccccc23)cc1)C(=O)O. The molecule has 3 aromatic rings. The Balaban J connectivity index is 1.65. The highest BCUT2D eigenvalue weighted by molar-refractivity contribution is 5.86. The monoisotopic (exact) mass is 410 g/mol. The number of nitrogens with two attached hydrogens (primary N) is 1. The molecule has 0 bridgehead atoms. The normalized spacial score (nSPS) is 12.4. The molecule has 0 saturated carbocycles. The predicted octanol–water partition coefficient (Wildman–Crippen LogP) is 1.08. The Hall–Kier alpha value is -3.46. The largest absolute Gasteiger partial charge is 0.489 e. The number of aliphatic hydroxyl groups is 2. The van der Waals surface area contributed by atoms with Crippen LogP contribution in [-0.4, -0.2) is 39.8 Å². The number of carbonyl (C=O) groups is 2. The highest BCUT2D eigenvalue weighted by Gasteiger charge is 2.35. The van der Waals surface area contributed by atoms with Gasteiger partial charge in [-0.15, -0.1) is 0 Å². The zero-order chi connectivity index (χ0) is 21.7. The summed E-state index contributed by atoms with van der Waals surface area (Å²) < 4.78 is 5.79. The standard InChI is InChI=1S/C22H22N2O6/c23-19(20(25)26)12-24-21(27)22(28,29)16-8-10-17(11-9-16)30-13-15-6-3-5-14-4-1-2-7-18(14)15/h1-11,19,28-29H,12-13,23H2,(H,24,27)(H,25,26)/t19-/m0/s1. The summed E-state index contributed by atoms with van der Waals surface area (Å²) in [6, 6.07) is 18.2. The van der Waals surface area contributed by atoms with Crippen molar-refractivity contribution < 1.29 is 29.6 Å². The van der Waals surface area contributed by atoms with Crippen molar-refractivity contribution in [2.24, 2.45) is 5.73 Å². The molecular weight excluding hydrogens is 388 g/mol. The van der Waals surface area contributed by atoms with Gasteiger partial charge in [-0.2, -0.15) is 0 Å². The molecule has 0 saturated heterocycles. The van der Waals surface area contributed by atoms with Crippen LogP contribution in [0.4, 0.5) is 0 Å². The topological polar surface area (TPSA) is 142 Å². The van der Waals surface area contributed by atoms with Gasteiger partial charge in [-0.3, -0.25) is 9.59 Å². The lowest BCUT2D eigenvalue weighted by molar-refractivity contribution is -0.189. The van der Waals surface area contributed by atoms with Crippen molar-refractivity contribution in [3.8, 4) is 5.75 Å². The molecule has 0 unspecified atom stereocenters. The maximum absolute atomic E-state index is 12.0. The Morgan fingerprint density at radius 1 is 1.00 bits per heavy atom. The minimum atomic E-state index is -2.84. The van der Waals surface area contributed by atoms with E-state index in [0.29, 0.717) is 12.4 Å². The molecule has 0 spiro atoms. The van der Waals surface area contributed by atoms with E-state index in [1.54, 1.807) is 0 Å². The van der Waals surface area contributed by atoms with Gasteiger partial charge in [0.1, 0.15) is 18.4 Å². The number of amides is 1. The van der Waals surface area contributed by atoms with Crippen LogP contribution in [0.25, 0.3) is 10.8 Å². The first kappa shape index (κ1) is 21.3. The summed E-state index contributed by atoms with van der Waals surface area (Å²) >= 11 is 0. The number of carboxylic acid groups (broad SMARTS) is 1. The minimum absolute atomic E-state index is 0.0959. The van der Waals surface area contributed by atoms with Crippen LogP contribution >= 0.6 is 0 Å². The Morgan fingerprint density at radius 3 is 2.37 bits per heavy atom. The van der Waals surface area contributed by atoms with Gasteiger partial charge in [-0.05, 0) is 40.6 Å². The van der Waals surface area contributed by atoms with Gasteiger partial charge >= 0.3 is 5.97 Å². The fourth-order valence-electron chi connectivity index (χ4n) is 2.91. The molecule has 156 valence electrons. The molecule has 1 atom stereocenters. The zero-order valence-corrected chi connectivity index (χ0v) is 16.0. The lowest BCUT2D eigenvalue weighted by Gasteiger charge is -2.22. The van der Waals surface area contributed by atoms with Crippen LogP contribution in [0.2, 0.25) is 0 Å². The van der Waals surface area contributed by atoms with Gasteiger partial charge in [0, 0.05) is 12.1 Å². The Kier molecular flexibility index (Phi) is 6.31. The number of hydrogen-bond acceptors (Lipinski definition) is 6. The summed E-state index contributed by atoms with van der Waals surface area (Å²) in [6.45, 7) is -0.124. The van der Waals surface area contributed by atoms with Gasteiger partial charge in [-0.25, -0.2) is 0 Å². The van der Waals surface area contributed by atoms with Crippen LogP contribution in [0.1, 0.15) is 11.1 Å². The van der Waals surface area contributed by atoms with Gasteiger partial charge < -0.3 is 31.1 Å². The molecule has 0 aromatic heterocycles. The van der Waals surface area contributed by atoms with Crippen LogP contribution in [0.15, 0.2) is 66.7 Å². The summed E-state index contributed by atoms with van der Waals surface area (Å²) in [6.07, 6.45) is 0. The third kappa shape index (κ3) is 4.74. The highest BCUT2D eigenvalue weighted by atomic mass is 16.5. The summed E-state index contributed by atoms with van der Waals surface area (Å²) in [7, 11) is 0. The molecule has 0 fully saturated rings. The van der Waals surface area contributed by atoms with Crippen LogP contribution in [-0.2, 0) is 22.0 Å². The summed E-state index contributed by atoms with van der Waals surface area (Å²) in [5, 5.41) is 33.3. The van der Waals surface area contributed by atoms with E-state index < -0.39 is 30.3 Å². The third-order valence-electron chi connectivity index (χ3n) is 4.65. The summed E-state index contributed by atoms with van der Waals surface area (Å²) in [5.41, 5.74) is 6.20. The average Bonchev–Trinajstić information content (AvgIpc) is 2.75. The van der Waals surface area contributed by atoms with E-state index in [1.807, 2.05) is 42.5 Å². The van der Waals surface area contributed by atoms with E-state index in [1.165, 1.54) is 24.3 Å². The maximum Gasteiger partial charge on any atom is 0.322 e. The summed E-state index contributed by atoms with van der Waals surface area (Å²) in [4.78, 5) is 22.7. The van der Waals surface area contributed by atoms with E-state index in [9.17, 15) is 19.8 Å². The zero-order valence-electron chi connectivity index (χ0n) is 16.0. The molecular formula is C22H22N2O6. The second-order valence-corrected chi connectivity index (χ2v) is 6.78. The van der Waals surface area contributed by atoms with Crippen molar-refractivity contribution in [2.45, 2.75) is 18.4 Å². The van der Waals surface area contributed by atoms with Gasteiger partial charge in [0.15, 0.2) is 0 Å². The van der Waals surface area contributed by atoms with Crippen molar-refractivity contribution in [3.63, 3.8) is 0 Å². The molecule has 1 amide bonds. The first-order valence-electron chi connectivity index (χ1n) is 9.20. The number of fused-ring (bicyclic) bond motifs is 1. The number of nitrogens with one attached hydrogen (secondary N) is 1. The fourth-order valence-corrected chi connectivity index (χ4v) is 2.91. The predicted molar refractivity (Wildman–Crippen MR) is 109 cm³/mol. The van der Waals surface area contributed by atoms with E-state index >= 15 is 0 Å². The van der Waals surface area contributed by atoms with Crippen LogP contribution in [0.3, 0.4) is 0 Å². The number of aliphatic carboxylic acids is 1. The summed E-state index contributed by atoms with van der Waals surface area (Å²) in [5.74, 6) is -4.85. The van der Waals surface area contributed by atoms with E-state index in [-0.39, 0.29) is 5.56 Å². The Labute approximate surface area is 172 Å². The van der Waals surface area contributed by atoms with Gasteiger partial charge in [0.25, 0.3) is 11.7 Å². The molecule has 8 nitrogen and oxygen atoms in total. The lowest BCUT2D eigenvalue weighted by Crippen LogP contribution is -2.49. The molecule has 0 aliphatic carbocycles. The quantitative estimate of drug-likeness (QED) is 0.350. The van der Waals surface area contributed by atoms with Crippen molar-refractivity contribution >= 4 is 22.6 Å². The lowest BCUT2D eigenvalue weighted by atomic mass is 10.0. The number of hydrogen-bond donors (Lipinski definition) is 5. The molecule has 8 heteroatoms. The Bertz CT molecular complexity index is 1040. The van der Waals surface area contributed by atoms with Crippen molar-refractivity contribution in [1.29, 1.82) is 0 Å². The highest BCUT2D eigenvalue weighted by Crippen LogP contribution is 2.24. The molecule has 0 aliphatic heterocycles. The van der Waals surface area contributed by atoms with E-state index in [0.717, 1.165) is 16.3 Å². The van der Waals surface area contributed by atoms with Gasteiger partial charge in [-0.1, -0.05) is 42.5 Å².